The van der Waals surface area contributed by atoms with Crippen molar-refractivity contribution >= 4 is 0 Å². The average molecular weight is 275 g/mol. The van der Waals surface area contributed by atoms with Crippen molar-refractivity contribution in [3.8, 4) is 0 Å². The van der Waals surface area contributed by atoms with Crippen LogP contribution in [0.3, 0.4) is 0 Å². The third-order valence-electron chi connectivity index (χ3n) is 4.13. The van der Waals surface area contributed by atoms with Crippen LogP contribution in [0.4, 0.5) is 0 Å². The number of allylic oxidation sites excluding steroid dienone is 1. The van der Waals surface area contributed by atoms with E-state index in [1.165, 1.54) is 49.8 Å². The van der Waals surface area contributed by atoms with Crippen molar-refractivity contribution in [1.82, 2.24) is 15.1 Å². The van der Waals surface area contributed by atoms with Gasteiger partial charge in [-0.1, -0.05) is 31.9 Å². The van der Waals surface area contributed by atoms with Crippen LogP contribution in [0.1, 0.15) is 69.7 Å². The van der Waals surface area contributed by atoms with Crippen molar-refractivity contribution < 1.29 is 0 Å². The number of nitrogens with one attached hydrogen (secondary N) is 1. The minimum absolute atomic E-state index is 0.372. The molecule has 2 rings (SSSR count). The van der Waals surface area contributed by atoms with E-state index in [1.54, 1.807) is 5.57 Å². The largest absolute Gasteiger partial charge is 0.306 e. The minimum atomic E-state index is 0.372. The van der Waals surface area contributed by atoms with Gasteiger partial charge in [-0.25, -0.2) is 0 Å². The van der Waals surface area contributed by atoms with Gasteiger partial charge in [0, 0.05) is 18.8 Å². The fraction of sp³-hybridized carbons (Fsp3) is 0.706. The molecule has 0 aromatic carbocycles. The summed E-state index contributed by atoms with van der Waals surface area (Å²) in [5, 5.41) is 8.38. The first-order valence-electron chi connectivity index (χ1n) is 8.21. The summed E-state index contributed by atoms with van der Waals surface area (Å²) in [4.78, 5) is 0. The Kier molecular flexibility index (Phi) is 5.84. The minimum Gasteiger partial charge on any atom is -0.306 e. The van der Waals surface area contributed by atoms with Crippen LogP contribution in [0.15, 0.2) is 17.8 Å². The number of hydrogen-bond donors (Lipinski definition) is 1. The molecule has 0 fully saturated rings. The summed E-state index contributed by atoms with van der Waals surface area (Å²) in [5.41, 5.74) is 4.21. The molecule has 1 N–H and O–H groups in total. The molecule has 0 aliphatic heterocycles. The molecule has 0 saturated carbocycles. The molecule has 20 heavy (non-hydrogen) atoms. The molecule has 0 amide bonds. The van der Waals surface area contributed by atoms with Crippen molar-refractivity contribution in [2.75, 3.05) is 6.54 Å². The monoisotopic (exact) mass is 275 g/mol. The van der Waals surface area contributed by atoms with Gasteiger partial charge in [0.05, 0.1) is 11.7 Å². The lowest BCUT2D eigenvalue weighted by Gasteiger charge is -2.22. The third-order valence-corrected chi connectivity index (χ3v) is 4.13. The number of nitrogens with zero attached hydrogens (tertiary/aromatic N) is 2. The van der Waals surface area contributed by atoms with Crippen molar-refractivity contribution in [1.29, 1.82) is 0 Å². The summed E-state index contributed by atoms with van der Waals surface area (Å²) in [5.74, 6) is 0. The molecule has 112 valence electrons. The zero-order chi connectivity index (χ0) is 14.4. The molecule has 1 aromatic heterocycles. The van der Waals surface area contributed by atoms with E-state index in [0.29, 0.717) is 6.04 Å². The van der Waals surface area contributed by atoms with Gasteiger partial charge < -0.3 is 5.32 Å². The van der Waals surface area contributed by atoms with Gasteiger partial charge in [-0.15, -0.1) is 0 Å². The fourth-order valence-corrected chi connectivity index (χ4v) is 3.10. The molecule has 1 aliphatic carbocycles. The molecule has 1 aromatic rings. The number of aryl methyl sites for hydroxylation is 2. The quantitative estimate of drug-likeness (QED) is 0.798. The Labute approximate surface area is 123 Å². The Bertz CT molecular complexity index is 445. The highest BCUT2D eigenvalue weighted by molar-refractivity contribution is 5.30. The molecule has 1 heterocycles. The van der Waals surface area contributed by atoms with Gasteiger partial charge in [-0.05, 0) is 45.1 Å². The zero-order valence-corrected chi connectivity index (χ0v) is 13.3. The summed E-state index contributed by atoms with van der Waals surface area (Å²) in [6.45, 7) is 5.50. The normalized spacial score (nSPS) is 17.6. The number of rotatable bonds is 6. The van der Waals surface area contributed by atoms with E-state index in [0.717, 1.165) is 13.0 Å². The maximum absolute atomic E-state index is 4.63. The van der Waals surface area contributed by atoms with Crippen LogP contribution < -0.4 is 5.32 Å². The van der Waals surface area contributed by atoms with Gasteiger partial charge in [0.2, 0.25) is 0 Å². The van der Waals surface area contributed by atoms with E-state index in [4.69, 9.17) is 0 Å². The van der Waals surface area contributed by atoms with Crippen LogP contribution in [0, 0.1) is 0 Å². The first-order chi connectivity index (χ1) is 9.76. The van der Waals surface area contributed by atoms with Gasteiger partial charge in [-0.2, -0.15) is 5.10 Å². The lowest BCUT2D eigenvalue weighted by atomic mass is 9.94. The summed E-state index contributed by atoms with van der Waals surface area (Å²) in [6, 6.07) is 0.372. The summed E-state index contributed by atoms with van der Waals surface area (Å²) < 4.78 is 1.96. The van der Waals surface area contributed by atoms with Gasteiger partial charge in [0.15, 0.2) is 0 Å². The highest BCUT2D eigenvalue weighted by Gasteiger charge is 2.21. The first kappa shape index (κ1) is 15.3. The molecule has 0 spiro atoms. The van der Waals surface area contributed by atoms with E-state index < -0.39 is 0 Å². The van der Waals surface area contributed by atoms with E-state index in [1.807, 2.05) is 11.7 Å². The van der Waals surface area contributed by atoms with E-state index in [-0.39, 0.29) is 0 Å². The van der Waals surface area contributed by atoms with Crippen LogP contribution >= 0.6 is 0 Å². The Balaban J connectivity index is 2.27. The molecule has 3 nitrogen and oxygen atoms in total. The smallest absolute Gasteiger partial charge is 0.0672 e. The second kappa shape index (κ2) is 7.63. The SMILES string of the molecule is CCCNC(C1=CCCCCC1)c1cn(C)nc1CC. The second-order valence-electron chi connectivity index (χ2n) is 5.82. The first-order valence-corrected chi connectivity index (χ1v) is 8.21. The van der Waals surface area contributed by atoms with E-state index >= 15 is 0 Å². The molecule has 1 unspecified atom stereocenters. The Hall–Kier alpha value is -1.09. The van der Waals surface area contributed by atoms with Crippen molar-refractivity contribution in [3.63, 3.8) is 0 Å². The molecule has 0 radical (unpaired) electrons. The van der Waals surface area contributed by atoms with Crippen LogP contribution in [0.5, 0.6) is 0 Å². The van der Waals surface area contributed by atoms with Gasteiger partial charge in [-0.3, -0.25) is 4.68 Å². The maximum atomic E-state index is 4.63. The van der Waals surface area contributed by atoms with Crippen molar-refractivity contribution in [2.24, 2.45) is 7.05 Å². The summed E-state index contributed by atoms with van der Waals surface area (Å²) in [7, 11) is 2.03. The lowest BCUT2D eigenvalue weighted by Crippen LogP contribution is -2.24. The van der Waals surface area contributed by atoms with Crippen LogP contribution in [-0.2, 0) is 13.5 Å². The standard InChI is InChI=1S/C17H29N3/c1-4-12-18-17(14-10-8-6-7-9-11-14)15-13-20(3)19-16(15)5-2/h10,13,17-18H,4-9,11-12H2,1-3H3. The Morgan fingerprint density at radius 2 is 2.15 bits per heavy atom. The van der Waals surface area contributed by atoms with Crippen LogP contribution in [0.25, 0.3) is 0 Å². The van der Waals surface area contributed by atoms with E-state index in [2.05, 4.69) is 36.5 Å². The maximum Gasteiger partial charge on any atom is 0.0672 e. The molecule has 0 saturated heterocycles. The Morgan fingerprint density at radius 1 is 1.30 bits per heavy atom. The molecular weight excluding hydrogens is 246 g/mol. The molecule has 3 heteroatoms. The summed E-state index contributed by atoms with van der Waals surface area (Å²) in [6.07, 6.45) is 13.4. The number of hydrogen-bond acceptors (Lipinski definition) is 2. The lowest BCUT2D eigenvalue weighted by molar-refractivity contribution is 0.563. The third kappa shape index (κ3) is 3.72. The number of aromatic nitrogens is 2. The average Bonchev–Trinajstić information content (AvgIpc) is 2.66. The second-order valence-corrected chi connectivity index (χ2v) is 5.82. The van der Waals surface area contributed by atoms with Crippen LogP contribution in [-0.4, -0.2) is 16.3 Å². The highest BCUT2D eigenvalue weighted by atomic mass is 15.3. The molecule has 0 bridgehead atoms. The predicted molar refractivity (Wildman–Crippen MR) is 84.8 cm³/mol. The van der Waals surface area contributed by atoms with Crippen LogP contribution in [0.2, 0.25) is 0 Å². The highest BCUT2D eigenvalue weighted by Crippen LogP contribution is 2.31. The molecule has 1 aliphatic rings. The van der Waals surface area contributed by atoms with Gasteiger partial charge in [0.25, 0.3) is 0 Å². The van der Waals surface area contributed by atoms with Crippen molar-refractivity contribution in [3.05, 3.63) is 29.1 Å². The zero-order valence-electron chi connectivity index (χ0n) is 13.3. The fourth-order valence-electron chi connectivity index (χ4n) is 3.10. The predicted octanol–water partition coefficient (Wildman–Crippen LogP) is 3.91. The van der Waals surface area contributed by atoms with E-state index in [9.17, 15) is 0 Å². The molecule has 1 atom stereocenters. The molecular formula is C17H29N3. The van der Waals surface area contributed by atoms with Gasteiger partial charge in [0.1, 0.15) is 0 Å². The van der Waals surface area contributed by atoms with Gasteiger partial charge >= 0.3 is 0 Å². The topological polar surface area (TPSA) is 29.9 Å². The Morgan fingerprint density at radius 3 is 2.90 bits per heavy atom. The summed E-state index contributed by atoms with van der Waals surface area (Å²) >= 11 is 0. The van der Waals surface area contributed by atoms with Crippen molar-refractivity contribution in [2.45, 2.75) is 64.8 Å².